The molecule has 2 aliphatic heterocycles. The van der Waals surface area contributed by atoms with Gasteiger partial charge in [-0.25, -0.2) is 0 Å². The minimum Gasteiger partial charge on any atom is -0.378 e. The van der Waals surface area contributed by atoms with Gasteiger partial charge < -0.3 is 9.64 Å². The minimum absolute atomic E-state index is 0.832. The smallest absolute Gasteiger partial charge is 0.0642 e. The van der Waals surface area contributed by atoms with E-state index in [1.54, 1.807) is 0 Å². The maximum absolute atomic E-state index is 5.38. The maximum Gasteiger partial charge on any atom is 0.0642 e. The van der Waals surface area contributed by atoms with Gasteiger partial charge in [-0.1, -0.05) is 12.1 Å². The van der Waals surface area contributed by atoms with E-state index >= 15 is 0 Å². The average Bonchev–Trinajstić information content (AvgIpc) is 2.55. The summed E-state index contributed by atoms with van der Waals surface area (Å²) in [5, 5.41) is 6.75. The summed E-state index contributed by atoms with van der Waals surface area (Å²) in [6.07, 6.45) is 5.87. The van der Waals surface area contributed by atoms with E-state index in [-0.39, 0.29) is 0 Å². The van der Waals surface area contributed by atoms with Crippen LogP contribution in [0.5, 0.6) is 0 Å². The zero-order chi connectivity index (χ0) is 13.6. The number of benzene rings is 1. The summed E-state index contributed by atoms with van der Waals surface area (Å²) in [6.45, 7) is 5.84. The Hall–Kier alpha value is -1.55. The zero-order valence-corrected chi connectivity index (χ0v) is 12.0. The molecule has 0 bridgehead atoms. The number of piperidine rings is 1. The summed E-state index contributed by atoms with van der Waals surface area (Å²) in [6, 6.07) is 8.67. The molecule has 4 heteroatoms. The van der Waals surface area contributed by atoms with E-state index < -0.39 is 0 Å². The topological polar surface area (TPSA) is 28.1 Å². The van der Waals surface area contributed by atoms with Crippen LogP contribution in [0.3, 0.4) is 0 Å². The normalized spacial score (nSPS) is 20.6. The number of hydrogen-bond donors (Lipinski definition) is 0. The lowest BCUT2D eigenvalue weighted by molar-refractivity contribution is 0.122. The monoisotopic (exact) mass is 273 g/mol. The number of hydrazone groups is 1. The fourth-order valence-electron chi connectivity index (χ4n) is 2.73. The molecule has 0 atom stereocenters. The third kappa shape index (κ3) is 3.51. The van der Waals surface area contributed by atoms with Crippen molar-refractivity contribution >= 4 is 11.9 Å². The Labute approximate surface area is 121 Å². The third-order valence-electron chi connectivity index (χ3n) is 3.97. The molecule has 108 valence electrons. The van der Waals surface area contributed by atoms with Crippen LogP contribution in [0, 0.1) is 0 Å². The molecule has 0 aliphatic carbocycles. The molecule has 0 N–H and O–H groups in total. The first-order valence-corrected chi connectivity index (χ1v) is 7.63. The summed E-state index contributed by atoms with van der Waals surface area (Å²) >= 11 is 0. The first-order valence-electron chi connectivity index (χ1n) is 7.63. The maximum atomic E-state index is 5.38. The summed E-state index contributed by atoms with van der Waals surface area (Å²) in [4.78, 5) is 2.37. The molecule has 2 saturated heterocycles. The molecule has 20 heavy (non-hydrogen) atoms. The van der Waals surface area contributed by atoms with Gasteiger partial charge in [0.15, 0.2) is 0 Å². The van der Waals surface area contributed by atoms with Crippen molar-refractivity contribution in [1.82, 2.24) is 5.01 Å². The summed E-state index contributed by atoms with van der Waals surface area (Å²) in [5.74, 6) is 0. The first kappa shape index (κ1) is 13.4. The number of hydrogen-bond acceptors (Lipinski definition) is 4. The summed E-state index contributed by atoms with van der Waals surface area (Å²) in [5.41, 5.74) is 2.45. The van der Waals surface area contributed by atoms with Crippen LogP contribution in [-0.4, -0.2) is 50.6 Å². The van der Waals surface area contributed by atoms with Crippen molar-refractivity contribution in [2.75, 3.05) is 44.3 Å². The largest absolute Gasteiger partial charge is 0.378 e. The van der Waals surface area contributed by atoms with Gasteiger partial charge in [0.25, 0.3) is 0 Å². The van der Waals surface area contributed by atoms with Crippen LogP contribution in [0.25, 0.3) is 0 Å². The van der Waals surface area contributed by atoms with Crippen LogP contribution >= 0.6 is 0 Å². The Balaban J connectivity index is 1.59. The number of ether oxygens (including phenoxy) is 1. The molecule has 0 radical (unpaired) electrons. The standard InChI is InChI=1S/C16H23N3O/c1-2-8-19(9-3-1)17-14-15-4-6-16(7-5-15)18-10-12-20-13-11-18/h4-7,14H,1-3,8-13H2. The number of nitrogens with zero attached hydrogens (tertiary/aromatic N) is 3. The molecule has 2 heterocycles. The molecule has 4 nitrogen and oxygen atoms in total. The highest BCUT2D eigenvalue weighted by atomic mass is 16.5. The van der Waals surface area contributed by atoms with E-state index in [4.69, 9.17) is 4.74 Å². The molecule has 2 aliphatic rings. The molecular formula is C16H23N3O. The number of anilines is 1. The molecule has 3 rings (SSSR count). The van der Waals surface area contributed by atoms with Crippen LogP contribution in [0.4, 0.5) is 5.69 Å². The van der Waals surface area contributed by atoms with Gasteiger partial charge in [-0.05, 0) is 37.0 Å². The predicted molar refractivity (Wildman–Crippen MR) is 82.5 cm³/mol. The SMILES string of the molecule is C(=NN1CCCCC1)c1ccc(N2CCOCC2)cc1. The average molecular weight is 273 g/mol. The second-order valence-electron chi connectivity index (χ2n) is 5.45. The summed E-state index contributed by atoms with van der Waals surface area (Å²) < 4.78 is 5.38. The van der Waals surface area contributed by atoms with Crippen LogP contribution in [0.15, 0.2) is 29.4 Å². The Morgan fingerprint density at radius 3 is 2.30 bits per heavy atom. The van der Waals surface area contributed by atoms with Crippen LogP contribution in [0.1, 0.15) is 24.8 Å². The second-order valence-corrected chi connectivity index (χ2v) is 5.45. The van der Waals surface area contributed by atoms with Crippen LogP contribution in [0.2, 0.25) is 0 Å². The summed E-state index contributed by atoms with van der Waals surface area (Å²) in [7, 11) is 0. The molecular weight excluding hydrogens is 250 g/mol. The highest BCUT2D eigenvalue weighted by Gasteiger charge is 2.10. The van der Waals surface area contributed by atoms with E-state index in [1.807, 2.05) is 6.21 Å². The molecule has 0 amide bonds. The molecule has 0 saturated carbocycles. The predicted octanol–water partition coefficient (Wildman–Crippen LogP) is 2.34. The molecule has 0 unspecified atom stereocenters. The molecule has 1 aromatic rings. The van der Waals surface area contributed by atoms with Gasteiger partial charge in [0.2, 0.25) is 0 Å². The van der Waals surface area contributed by atoms with E-state index in [1.165, 1.54) is 30.5 Å². The van der Waals surface area contributed by atoms with Crippen molar-refractivity contribution in [2.24, 2.45) is 5.10 Å². The lowest BCUT2D eigenvalue weighted by Gasteiger charge is -2.28. The highest BCUT2D eigenvalue weighted by molar-refractivity contribution is 5.80. The van der Waals surface area contributed by atoms with E-state index in [0.717, 1.165) is 39.4 Å². The van der Waals surface area contributed by atoms with E-state index in [0.29, 0.717) is 0 Å². The highest BCUT2D eigenvalue weighted by Crippen LogP contribution is 2.16. The molecule has 0 spiro atoms. The third-order valence-corrected chi connectivity index (χ3v) is 3.97. The van der Waals surface area contributed by atoms with Crippen molar-refractivity contribution in [3.63, 3.8) is 0 Å². The van der Waals surface area contributed by atoms with E-state index in [2.05, 4.69) is 39.3 Å². The first-order chi connectivity index (χ1) is 9.92. The lowest BCUT2D eigenvalue weighted by atomic mass is 10.2. The van der Waals surface area contributed by atoms with Crippen molar-refractivity contribution in [3.05, 3.63) is 29.8 Å². The van der Waals surface area contributed by atoms with Crippen LogP contribution < -0.4 is 4.90 Å². The van der Waals surface area contributed by atoms with Crippen LogP contribution in [-0.2, 0) is 4.74 Å². The zero-order valence-electron chi connectivity index (χ0n) is 12.0. The van der Waals surface area contributed by atoms with Crippen molar-refractivity contribution in [2.45, 2.75) is 19.3 Å². The van der Waals surface area contributed by atoms with Gasteiger partial charge in [0.05, 0.1) is 19.4 Å². The van der Waals surface area contributed by atoms with Gasteiger partial charge in [-0.15, -0.1) is 0 Å². The van der Waals surface area contributed by atoms with Gasteiger partial charge >= 0.3 is 0 Å². The van der Waals surface area contributed by atoms with Crippen molar-refractivity contribution < 1.29 is 4.74 Å². The Kier molecular flexibility index (Phi) is 4.53. The van der Waals surface area contributed by atoms with Gasteiger partial charge in [-0.2, -0.15) is 5.10 Å². The van der Waals surface area contributed by atoms with Crippen molar-refractivity contribution in [1.29, 1.82) is 0 Å². The lowest BCUT2D eigenvalue weighted by Crippen LogP contribution is -2.36. The fraction of sp³-hybridized carbons (Fsp3) is 0.562. The van der Waals surface area contributed by atoms with Gasteiger partial charge in [0, 0.05) is 31.9 Å². The molecule has 1 aromatic carbocycles. The Morgan fingerprint density at radius 1 is 0.900 bits per heavy atom. The fourth-order valence-corrected chi connectivity index (χ4v) is 2.73. The molecule has 2 fully saturated rings. The second kappa shape index (κ2) is 6.75. The Bertz CT molecular complexity index is 432. The minimum atomic E-state index is 0.832. The van der Waals surface area contributed by atoms with E-state index in [9.17, 15) is 0 Å². The van der Waals surface area contributed by atoms with Gasteiger partial charge in [-0.3, -0.25) is 5.01 Å². The quantitative estimate of drug-likeness (QED) is 0.791. The molecule has 0 aromatic heterocycles. The van der Waals surface area contributed by atoms with Gasteiger partial charge in [0.1, 0.15) is 0 Å². The number of rotatable bonds is 3. The van der Waals surface area contributed by atoms with Crippen molar-refractivity contribution in [3.8, 4) is 0 Å². The Morgan fingerprint density at radius 2 is 1.60 bits per heavy atom. The number of morpholine rings is 1.